The lowest BCUT2D eigenvalue weighted by atomic mass is 10.1. The van der Waals surface area contributed by atoms with E-state index in [0.717, 1.165) is 16.9 Å². The molecule has 0 fully saturated rings. The summed E-state index contributed by atoms with van der Waals surface area (Å²) in [4.78, 5) is 4.53. The average molecular weight is 354 g/mol. The van der Waals surface area contributed by atoms with Gasteiger partial charge in [0.25, 0.3) is 0 Å². The lowest BCUT2D eigenvalue weighted by Crippen LogP contribution is -2.14. The predicted molar refractivity (Wildman–Crippen MR) is 98.6 cm³/mol. The Balaban J connectivity index is 1.88. The largest absolute Gasteiger partial charge is 0.497 e. The molecule has 2 aromatic carbocycles. The first-order chi connectivity index (χ1) is 12.7. The van der Waals surface area contributed by atoms with Crippen molar-refractivity contribution in [2.24, 2.45) is 5.73 Å². The van der Waals surface area contributed by atoms with Crippen molar-refractivity contribution in [1.29, 1.82) is 0 Å². The summed E-state index contributed by atoms with van der Waals surface area (Å²) < 4.78 is 16.2. The predicted octanol–water partition coefficient (Wildman–Crippen LogP) is 2.94. The van der Waals surface area contributed by atoms with E-state index in [1.54, 1.807) is 14.2 Å². The Morgan fingerprint density at radius 3 is 2.65 bits per heavy atom. The molecule has 3 N–H and O–H groups in total. The molecule has 0 bridgehead atoms. The van der Waals surface area contributed by atoms with Crippen molar-refractivity contribution in [3.8, 4) is 28.6 Å². The topological polar surface area (TPSA) is 95.3 Å². The maximum Gasteiger partial charge on any atom is 0.181 e. The second-order valence-corrected chi connectivity index (χ2v) is 5.60. The first-order valence-corrected chi connectivity index (χ1v) is 8.29. The van der Waals surface area contributed by atoms with Crippen molar-refractivity contribution >= 4 is 0 Å². The van der Waals surface area contributed by atoms with Gasteiger partial charge in [-0.1, -0.05) is 18.2 Å². The molecule has 0 aliphatic rings. The van der Waals surface area contributed by atoms with Crippen molar-refractivity contribution in [2.75, 3.05) is 20.8 Å². The average Bonchev–Trinajstić information content (AvgIpc) is 3.18. The summed E-state index contributed by atoms with van der Waals surface area (Å²) in [5, 5.41) is 7.19. The number of nitrogens with zero attached hydrogens (tertiary/aromatic N) is 2. The van der Waals surface area contributed by atoms with Crippen LogP contribution < -0.4 is 19.9 Å². The molecule has 136 valence electrons. The molecule has 0 aliphatic heterocycles. The van der Waals surface area contributed by atoms with Crippen LogP contribution in [0.25, 0.3) is 11.4 Å². The normalized spacial score (nSPS) is 11.8. The van der Waals surface area contributed by atoms with Gasteiger partial charge in [-0.25, -0.2) is 4.98 Å². The molecule has 1 heterocycles. The lowest BCUT2D eigenvalue weighted by Gasteiger charge is -2.14. The monoisotopic (exact) mass is 354 g/mol. The van der Waals surface area contributed by atoms with Crippen LogP contribution in [0.15, 0.2) is 42.5 Å². The fraction of sp³-hybridized carbons (Fsp3) is 0.263. The van der Waals surface area contributed by atoms with E-state index in [-0.39, 0.29) is 0 Å². The molecule has 1 atom stereocenters. The van der Waals surface area contributed by atoms with Gasteiger partial charge in [-0.3, -0.25) is 5.10 Å². The van der Waals surface area contributed by atoms with Crippen molar-refractivity contribution in [3.05, 3.63) is 53.9 Å². The minimum atomic E-state index is -0.466. The minimum absolute atomic E-state index is 0.466. The van der Waals surface area contributed by atoms with Gasteiger partial charge >= 0.3 is 0 Å². The summed E-state index contributed by atoms with van der Waals surface area (Å²) in [7, 11) is 3.23. The van der Waals surface area contributed by atoms with Crippen LogP contribution in [0.1, 0.15) is 24.4 Å². The Bertz CT molecular complexity index is 879. The minimum Gasteiger partial charge on any atom is -0.497 e. The molecule has 1 aromatic heterocycles. The number of hydrogen-bond acceptors (Lipinski definition) is 6. The third-order valence-corrected chi connectivity index (χ3v) is 3.97. The number of nitrogens with two attached hydrogens (primary N) is 1. The first-order valence-electron chi connectivity index (χ1n) is 8.29. The highest BCUT2D eigenvalue weighted by atomic mass is 16.5. The van der Waals surface area contributed by atoms with Crippen LogP contribution in [-0.2, 0) is 0 Å². The zero-order valence-electron chi connectivity index (χ0n) is 15.0. The van der Waals surface area contributed by atoms with E-state index in [0.29, 0.717) is 29.8 Å². The lowest BCUT2D eigenvalue weighted by molar-refractivity contribution is 0.310. The van der Waals surface area contributed by atoms with Gasteiger partial charge in [0.05, 0.1) is 26.9 Å². The summed E-state index contributed by atoms with van der Waals surface area (Å²) in [5.41, 5.74) is 8.07. The van der Waals surface area contributed by atoms with E-state index >= 15 is 0 Å². The van der Waals surface area contributed by atoms with E-state index in [1.807, 2.05) is 49.4 Å². The summed E-state index contributed by atoms with van der Waals surface area (Å²) in [6, 6.07) is 12.7. The molecular weight excluding hydrogens is 332 g/mol. The van der Waals surface area contributed by atoms with Crippen LogP contribution >= 0.6 is 0 Å². The fourth-order valence-electron chi connectivity index (χ4n) is 2.62. The second kappa shape index (κ2) is 7.88. The maximum absolute atomic E-state index is 6.37. The van der Waals surface area contributed by atoms with E-state index in [2.05, 4.69) is 15.2 Å². The summed E-state index contributed by atoms with van der Waals surface area (Å²) in [6.45, 7) is 2.46. The SMILES string of the molecule is CCOc1cc(C(N)c2nc(-c3cccc(OC)c3)n[nH]2)ccc1OC. The zero-order chi connectivity index (χ0) is 18.5. The molecule has 26 heavy (non-hydrogen) atoms. The number of H-pyrrole nitrogens is 1. The van der Waals surface area contributed by atoms with Crippen molar-refractivity contribution in [3.63, 3.8) is 0 Å². The van der Waals surface area contributed by atoms with Crippen molar-refractivity contribution in [1.82, 2.24) is 15.2 Å². The standard InChI is InChI=1S/C19H22N4O3/c1-4-26-16-11-12(8-9-15(16)25-3)17(20)19-21-18(22-23-19)13-6-5-7-14(10-13)24-2/h5-11,17H,4,20H2,1-3H3,(H,21,22,23). The summed E-state index contributed by atoms with van der Waals surface area (Å²) in [5.74, 6) is 3.19. The van der Waals surface area contributed by atoms with E-state index in [9.17, 15) is 0 Å². The molecule has 0 spiro atoms. The zero-order valence-corrected chi connectivity index (χ0v) is 15.0. The molecule has 3 rings (SSSR count). The highest BCUT2D eigenvalue weighted by Gasteiger charge is 2.17. The molecule has 0 amide bonds. The number of rotatable bonds is 7. The van der Waals surface area contributed by atoms with Crippen LogP contribution in [0.2, 0.25) is 0 Å². The Morgan fingerprint density at radius 2 is 1.92 bits per heavy atom. The smallest absolute Gasteiger partial charge is 0.181 e. The molecule has 1 unspecified atom stereocenters. The van der Waals surface area contributed by atoms with Gasteiger partial charge in [0.2, 0.25) is 0 Å². The van der Waals surface area contributed by atoms with Gasteiger partial charge in [0.15, 0.2) is 17.3 Å². The third kappa shape index (κ3) is 3.62. The quantitative estimate of drug-likeness (QED) is 0.677. The van der Waals surface area contributed by atoms with Gasteiger partial charge in [0, 0.05) is 5.56 Å². The number of hydrogen-bond donors (Lipinski definition) is 2. The summed E-state index contributed by atoms with van der Waals surface area (Å²) >= 11 is 0. The second-order valence-electron chi connectivity index (χ2n) is 5.60. The van der Waals surface area contributed by atoms with Gasteiger partial charge in [-0.05, 0) is 36.8 Å². The molecule has 0 aliphatic carbocycles. The highest BCUT2D eigenvalue weighted by molar-refractivity contribution is 5.57. The third-order valence-electron chi connectivity index (χ3n) is 3.97. The molecule has 3 aromatic rings. The fourth-order valence-corrected chi connectivity index (χ4v) is 2.62. The van der Waals surface area contributed by atoms with Crippen LogP contribution in [0.3, 0.4) is 0 Å². The van der Waals surface area contributed by atoms with Crippen LogP contribution in [-0.4, -0.2) is 36.0 Å². The van der Waals surface area contributed by atoms with E-state index in [4.69, 9.17) is 19.9 Å². The Hall–Kier alpha value is -3.06. The van der Waals surface area contributed by atoms with E-state index in [1.165, 1.54) is 0 Å². The first kappa shape index (κ1) is 17.8. The van der Waals surface area contributed by atoms with Gasteiger partial charge < -0.3 is 19.9 Å². The van der Waals surface area contributed by atoms with E-state index < -0.39 is 6.04 Å². The molecular formula is C19H22N4O3. The molecule has 0 saturated heterocycles. The molecule has 7 heteroatoms. The number of benzene rings is 2. The van der Waals surface area contributed by atoms with Crippen LogP contribution in [0, 0.1) is 0 Å². The van der Waals surface area contributed by atoms with Crippen LogP contribution in [0.5, 0.6) is 17.2 Å². The van der Waals surface area contributed by atoms with Gasteiger partial charge in [0.1, 0.15) is 11.6 Å². The highest BCUT2D eigenvalue weighted by Crippen LogP contribution is 2.31. The number of aromatic nitrogens is 3. The number of aromatic amines is 1. The van der Waals surface area contributed by atoms with Crippen molar-refractivity contribution in [2.45, 2.75) is 13.0 Å². The summed E-state index contributed by atoms with van der Waals surface area (Å²) in [6.07, 6.45) is 0. The number of ether oxygens (including phenoxy) is 3. The number of nitrogens with one attached hydrogen (secondary N) is 1. The molecule has 7 nitrogen and oxygen atoms in total. The molecule has 0 radical (unpaired) electrons. The maximum atomic E-state index is 6.37. The van der Waals surface area contributed by atoms with Crippen molar-refractivity contribution < 1.29 is 14.2 Å². The Labute approximate surface area is 152 Å². The van der Waals surface area contributed by atoms with Gasteiger partial charge in [-0.2, -0.15) is 5.10 Å². The Morgan fingerprint density at radius 1 is 1.08 bits per heavy atom. The number of methoxy groups -OCH3 is 2. The Kier molecular flexibility index (Phi) is 5.38. The molecule has 0 saturated carbocycles. The van der Waals surface area contributed by atoms with Gasteiger partial charge in [-0.15, -0.1) is 0 Å². The van der Waals surface area contributed by atoms with Crippen LogP contribution in [0.4, 0.5) is 0 Å².